The predicted molar refractivity (Wildman–Crippen MR) is 106 cm³/mol. The van der Waals surface area contributed by atoms with Gasteiger partial charge in [0.15, 0.2) is 11.6 Å². The summed E-state index contributed by atoms with van der Waals surface area (Å²) in [7, 11) is 0. The molecule has 1 atom stereocenters. The van der Waals surface area contributed by atoms with E-state index >= 15 is 0 Å². The molecule has 1 aromatic rings. The highest BCUT2D eigenvalue weighted by molar-refractivity contribution is 5.85. The van der Waals surface area contributed by atoms with Gasteiger partial charge in [0, 0.05) is 30.8 Å². The number of carbonyl (C=O) groups is 1. The molecule has 0 amide bonds. The highest BCUT2D eigenvalue weighted by Crippen LogP contribution is 2.33. The molecule has 0 fully saturated rings. The molecule has 0 aromatic heterocycles. The fraction of sp³-hybridized carbons (Fsp3) is 0.300. The zero-order valence-corrected chi connectivity index (χ0v) is 15.7. The molecule has 3 heterocycles. The van der Waals surface area contributed by atoms with Crippen molar-refractivity contribution in [2.75, 3.05) is 5.32 Å². The van der Waals surface area contributed by atoms with Gasteiger partial charge in [0.1, 0.15) is 11.5 Å². The van der Waals surface area contributed by atoms with E-state index < -0.39 is 5.97 Å². The van der Waals surface area contributed by atoms with Crippen LogP contribution >= 0.6 is 0 Å². The van der Waals surface area contributed by atoms with Crippen LogP contribution in [0.1, 0.15) is 25.8 Å². The van der Waals surface area contributed by atoms with Gasteiger partial charge in [-0.3, -0.25) is 9.13 Å². The lowest BCUT2D eigenvalue weighted by atomic mass is 10.1. The Bertz CT molecular complexity index is 1090. The van der Waals surface area contributed by atoms with Crippen LogP contribution in [0, 0.1) is 0 Å². The summed E-state index contributed by atoms with van der Waals surface area (Å²) in [6.45, 7) is 5.16. The third kappa shape index (κ3) is 2.96. The van der Waals surface area contributed by atoms with E-state index in [0.29, 0.717) is 30.4 Å². The first kappa shape index (κ1) is 18.0. The maximum absolute atomic E-state index is 12.8. The second-order valence-corrected chi connectivity index (χ2v) is 6.75. The second-order valence-electron chi connectivity index (χ2n) is 6.75. The number of hydrogen-bond donors (Lipinski definition) is 2. The molecule has 0 spiro atoms. The van der Waals surface area contributed by atoms with Crippen molar-refractivity contribution in [2.24, 2.45) is 0 Å². The third-order valence-electron chi connectivity index (χ3n) is 4.99. The molecule has 0 saturated carbocycles. The first-order valence-corrected chi connectivity index (χ1v) is 9.30. The van der Waals surface area contributed by atoms with Crippen molar-refractivity contribution in [3.8, 4) is 22.9 Å². The van der Waals surface area contributed by atoms with Crippen LogP contribution in [0.2, 0.25) is 0 Å². The summed E-state index contributed by atoms with van der Waals surface area (Å²) in [5, 5.41) is 12.1. The Morgan fingerprint density at radius 1 is 1.29 bits per heavy atom. The molecular weight excluding hydrogens is 358 g/mol. The molecule has 1 unspecified atom stereocenters. The quantitative estimate of drug-likeness (QED) is 0.661. The maximum Gasteiger partial charge on any atom is 0.331 e. The van der Waals surface area contributed by atoms with Crippen LogP contribution in [0.3, 0.4) is 0 Å². The molecule has 8 heteroatoms. The zero-order valence-electron chi connectivity index (χ0n) is 15.7. The minimum absolute atomic E-state index is 0.0749. The van der Waals surface area contributed by atoms with Gasteiger partial charge in [-0.15, -0.1) is 0 Å². The van der Waals surface area contributed by atoms with Crippen LogP contribution in [0.25, 0.3) is 29.0 Å². The number of nitrogens with one attached hydrogen (secondary N) is 1. The average molecular weight is 379 g/mol. The largest absolute Gasteiger partial charge is 0.478 e. The van der Waals surface area contributed by atoms with E-state index in [4.69, 9.17) is 10.1 Å². The van der Waals surface area contributed by atoms with Gasteiger partial charge in [0.05, 0.1) is 0 Å². The molecule has 28 heavy (non-hydrogen) atoms. The predicted octanol–water partition coefficient (Wildman–Crippen LogP) is 2.53. The molecule has 8 nitrogen and oxygen atoms in total. The van der Waals surface area contributed by atoms with Crippen LogP contribution in [0.4, 0.5) is 5.82 Å². The Labute approximate surface area is 161 Å². The van der Waals surface area contributed by atoms with Gasteiger partial charge < -0.3 is 10.4 Å². The Kier molecular flexibility index (Phi) is 4.46. The molecule has 0 saturated heterocycles. The van der Waals surface area contributed by atoms with Gasteiger partial charge in [-0.05, 0) is 25.0 Å². The van der Waals surface area contributed by atoms with Gasteiger partial charge in [-0.25, -0.2) is 19.6 Å². The number of benzene rings is 1. The van der Waals surface area contributed by atoms with Crippen molar-refractivity contribution in [2.45, 2.75) is 39.4 Å². The molecular formula is C20H21N5O3. The summed E-state index contributed by atoms with van der Waals surface area (Å²) in [5.74, 6) is 0.863. The van der Waals surface area contributed by atoms with E-state index in [0.717, 1.165) is 29.4 Å². The number of carboxylic acids is 1. The number of nitrogens with zero attached hydrogens (tertiary/aromatic N) is 4. The van der Waals surface area contributed by atoms with Crippen molar-refractivity contribution in [3.05, 3.63) is 46.4 Å². The van der Waals surface area contributed by atoms with E-state index in [1.54, 1.807) is 9.13 Å². The number of carboxylic acid groups (broad SMARTS) is 1. The Balaban J connectivity index is 1.79. The SMILES string of the molecule is CCC1Cn2c(c3nc(-c4ccc(/C=C/C(=O)O)cc4)nc-3n(CC)c2=O)N1. The summed E-state index contributed by atoms with van der Waals surface area (Å²) in [5.41, 5.74) is 2.20. The molecule has 0 bridgehead atoms. The number of aromatic nitrogens is 4. The number of imidazole rings is 1. The maximum atomic E-state index is 12.8. The lowest BCUT2D eigenvalue weighted by molar-refractivity contribution is -0.131. The molecule has 0 aliphatic carbocycles. The fourth-order valence-corrected chi connectivity index (χ4v) is 3.47. The first-order valence-electron chi connectivity index (χ1n) is 9.30. The minimum Gasteiger partial charge on any atom is -0.478 e. The third-order valence-corrected chi connectivity index (χ3v) is 4.99. The summed E-state index contributed by atoms with van der Waals surface area (Å²) < 4.78 is 3.40. The summed E-state index contributed by atoms with van der Waals surface area (Å²) in [6.07, 6.45) is 3.54. The van der Waals surface area contributed by atoms with Crippen molar-refractivity contribution < 1.29 is 9.90 Å². The molecule has 1 aromatic carbocycles. The molecule has 3 aliphatic rings. The summed E-state index contributed by atoms with van der Waals surface area (Å²) in [4.78, 5) is 32.8. The molecule has 0 radical (unpaired) electrons. The normalized spacial score (nSPS) is 15.9. The minimum atomic E-state index is -0.989. The van der Waals surface area contributed by atoms with Gasteiger partial charge in [-0.2, -0.15) is 0 Å². The van der Waals surface area contributed by atoms with Crippen molar-refractivity contribution in [1.82, 2.24) is 19.1 Å². The van der Waals surface area contributed by atoms with Crippen LogP contribution in [0.5, 0.6) is 0 Å². The number of hydrogen-bond acceptors (Lipinski definition) is 5. The Hall–Kier alpha value is -3.42. The summed E-state index contributed by atoms with van der Waals surface area (Å²) >= 11 is 0. The van der Waals surface area contributed by atoms with E-state index in [-0.39, 0.29) is 11.7 Å². The first-order chi connectivity index (χ1) is 13.5. The smallest absolute Gasteiger partial charge is 0.331 e. The zero-order chi connectivity index (χ0) is 19.8. The van der Waals surface area contributed by atoms with Crippen LogP contribution in [-0.4, -0.2) is 36.2 Å². The topological polar surface area (TPSA) is 102 Å². The van der Waals surface area contributed by atoms with Crippen molar-refractivity contribution in [3.63, 3.8) is 0 Å². The number of fused-ring (bicyclic) bond motifs is 3. The monoisotopic (exact) mass is 379 g/mol. The molecule has 3 aliphatic heterocycles. The summed E-state index contributed by atoms with van der Waals surface area (Å²) in [6, 6.07) is 7.53. The van der Waals surface area contributed by atoms with Crippen LogP contribution < -0.4 is 11.0 Å². The van der Waals surface area contributed by atoms with Crippen molar-refractivity contribution >= 4 is 17.9 Å². The Morgan fingerprint density at radius 3 is 2.68 bits per heavy atom. The number of anilines is 1. The van der Waals surface area contributed by atoms with Crippen LogP contribution in [-0.2, 0) is 17.9 Å². The van der Waals surface area contributed by atoms with Gasteiger partial charge in [0.2, 0.25) is 0 Å². The number of aliphatic carboxylic acids is 1. The highest BCUT2D eigenvalue weighted by Gasteiger charge is 2.30. The van der Waals surface area contributed by atoms with E-state index in [1.807, 2.05) is 31.2 Å². The van der Waals surface area contributed by atoms with Gasteiger partial charge in [-0.1, -0.05) is 31.2 Å². The van der Waals surface area contributed by atoms with E-state index in [1.165, 1.54) is 6.08 Å². The average Bonchev–Trinajstić information content (AvgIpc) is 3.32. The second kappa shape index (κ2) is 6.95. The fourth-order valence-electron chi connectivity index (χ4n) is 3.47. The molecule has 4 rings (SSSR count). The number of rotatable bonds is 5. The highest BCUT2D eigenvalue weighted by atomic mass is 16.4. The lowest BCUT2D eigenvalue weighted by Gasteiger charge is -2.12. The standard InChI is InChI=1S/C20H21N5O3/c1-3-14-11-25-18(21-14)16-19(24(4-2)20(25)28)23-17(22-16)13-8-5-12(6-9-13)7-10-15(26)27/h5-10,14,21H,3-4,11H2,1-2H3,(H,26,27)/b10-7+. The van der Waals surface area contributed by atoms with Crippen LogP contribution in [0.15, 0.2) is 35.1 Å². The molecule has 2 N–H and O–H groups in total. The Morgan fingerprint density at radius 2 is 2.04 bits per heavy atom. The van der Waals surface area contributed by atoms with Crippen molar-refractivity contribution in [1.29, 1.82) is 0 Å². The van der Waals surface area contributed by atoms with E-state index in [9.17, 15) is 9.59 Å². The van der Waals surface area contributed by atoms with E-state index in [2.05, 4.69) is 17.2 Å². The lowest BCUT2D eigenvalue weighted by Crippen LogP contribution is -2.31. The molecule has 144 valence electrons. The van der Waals surface area contributed by atoms with Gasteiger partial charge >= 0.3 is 11.7 Å². The van der Waals surface area contributed by atoms with Gasteiger partial charge in [0.25, 0.3) is 0 Å².